The molecule has 0 saturated carbocycles. The van der Waals surface area contributed by atoms with E-state index in [4.69, 9.17) is 10.2 Å². The van der Waals surface area contributed by atoms with E-state index in [9.17, 15) is 9.59 Å². The number of halogens is 1. The molecule has 1 atom stereocenters. The van der Waals surface area contributed by atoms with Crippen molar-refractivity contribution >= 4 is 27.9 Å². The van der Waals surface area contributed by atoms with Gasteiger partial charge in [-0.15, -0.1) is 0 Å². The van der Waals surface area contributed by atoms with Crippen LogP contribution in [-0.2, 0) is 16.0 Å². The number of carboxylic acid groups (broad SMARTS) is 2. The zero-order valence-corrected chi connectivity index (χ0v) is 9.98. The Hall–Kier alpha value is -1.36. The second kappa shape index (κ2) is 5.65. The third kappa shape index (κ3) is 4.02. The fourth-order valence-corrected chi connectivity index (χ4v) is 1.85. The maximum absolute atomic E-state index is 10.8. The van der Waals surface area contributed by atoms with Gasteiger partial charge in [0.05, 0.1) is 12.3 Å². The highest BCUT2D eigenvalue weighted by Crippen LogP contribution is 2.17. The summed E-state index contributed by atoms with van der Waals surface area (Å²) in [6, 6.07) is 7.19. The predicted molar refractivity (Wildman–Crippen MR) is 61.2 cm³/mol. The van der Waals surface area contributed by atoms with Crippen LogP contribution in [0.1, 0.15) is 12.0 Å². The molecule has 16 heavy (non-hydrogen) atoms. The second-order valence-corrected chi connectivity index (χ2v) is 4.38. The molecule has 0 saturated heterocycles. The van der Waals surface area contributed by atoms with E-state index in [1.165, 1.54) is 0 Å². The summed E-state index contributed by atoms with van der Waals surface area (Å²) in [6.07, 6.45) is -0.136. The number of rotatable bonds is 5. The average molecular weight is 287 g/mol. The molecule has 0 heterocycles. The van der Waals surface area contributed by atoms with Gasteiger partial charge in [-0.1, -0.05) is 28.1 Å². The lowest BCUT2D eigenvalue weighted by Crippen LogP contribution is -2.20. The van der Waals surface area contributed by atoms with E-state index >= 15 is 0 Å². The van der Waals surface area contributed by atoms with Gasteiger partial charge >= 0.3 is 11.9 Å². The van der Waals surface area contributed by atoms with Crippen LogP contribution in [0.5, 0.6) is 0 Å². The van der Waals surface area contributed by atoms with E-state index in [2.05, 4.69) is 15.9 Å². The van der Waals surface area contributed by atoms with Gasteiger partial charge in [-0.05, 0) is 24.1 Å². The number of carbonyl (C=O) groups is 2. The van der Waals surface area contributed by atoms with Gasteiger partial charge in [-0.25, -0.2) is 0 Å². The summed E-state index contributed by atoms with van der Waals surface area (Å²) in [5, 5.41) is 17.5. The molecule has 1 aromatic carbocycles. The van der Waals surface area contributed by atoms with Crippen molar-refractivity contribution in [2.24, 2.45) is 5.92 Å². The van der Waals surface area contributed by atoms with Gasteiger partial charge < -0.3 is 10.2 Å². The fraction of sp³-hybridized carbons (Fsp3) is 0.273. The Balaban J connectivity index is 2.75. The number of hydrogen-bond donors (Lipinski definition) is 2. The van der Waals surface area contributed by atoms with Crippen molar-refractivity contribution in [3.63, 3.8) is 0 Å². The van der Waals surface area contributed by atoms with E-state index < -0.39 is 17.9 Å². The third-order valence-electron chi connectivity index (χ3n) is 2.14. The van der Waals surface area contributed by atoms with Gasteiger partial charge in [0, 0.05) is 4.47 Å². The Morgan fingerprint density at radius 2 is 2.00 bits per heavy atom. The molecule has 0 aromatic heterocycles. The van der Waals surface area contributed by atoms with Gasteiger partial charge in [0.1, 0.15) is 0 Å². The van der Waals surface area contributed by atoms with E-state index in [0.717, 1.165) is 10.0 Å². The van der Waals surface area contributed by atoms with Crippen molar-refractivity contribution in [1.29, 1.82) is 0 Å². The van der Waals surface area contributed by atoms with E-state index in [-0.39, 0.29) is 12.8 Å². The molecular formula is C11H11BrO4. The molecular weight excluding hydrogens is 276 g/mol. The molecule has 0 bridgehead atoms. The number of carboxylic acids is 2. The summed E-state index contributed by atoms with van der Waals surface area (Å²) in [5.74, 6) is -3.06. The van der Waals surface area contributed by atoms with E-state index in [0.29, 0.717) is 0 Å². The summed E-state index contributed by atoms with van der Waals surface area (Å²) in [5.41, 5.74) is 0.808. The minimum Gasteiger partial charge on any atom is -0.481 e. The van der Waals surface area contributed by atoms with Crippen LogP contribution in [0.2, 0.25) is 0 Å². The quantitative estimate of drug-likeness (QED) is 0.870. The molecule has 2 N–H and O–H groups in total. The lowest BCUT2D eigenvalue weighted by Gasteiger charge is -2.09. The van der Waals surface area contributed by atoms with Crippen LogP contribution >= 0.6 is 15.9 Å². The first-order valence-corrected chi connectivity index (χ1v) is 5.47. The average Bonchev–Trinajstić information content (AvgIpc) is 2.15. The largest absolute Gasteiger partial charge is 0.481 e. The minimum absolute atomic E-state index is 0.223. The molecule has 0 aliphatic heterocycles. The van der Waals surface area contributed by atoms with Crippen LogP contribution < -0.4 is 0 Å². The number of hydrogen-bond acceptors (Lipinski definition) is 2. The number of aliphatic carboxylic acids is 2. The molecule has 0 spiro atoms. The maximum Gasteiger partial charge on any atom is 0.307 e. The van der Waals surface area contributed by atoms with Crippen molar-refractivity contribution in [3.05, 3.63) is 34.3 Å². The highest BCUT2D eigenvalue weighted by molar-refractivity contribution is 9.10. The molecule has 4 nitrogen and oxygen atoms in total. The third-order valence-corrected chi connectivity index (χ3v) is 2.63. The van der Waals surface area contributed by atoms with Crippen LogP contribution in [0.25, 0.3) is 0 Å². The Morgan fingerprint density at radius 1 is 1.31 bits per heavy atom. The van der Waals surface area contributed by atoms with Crippen molar-refractivity contribution in [2.45, 2.75) is 12.8 Å². The standard InChI is InChI=1S/C11H11BrO4/c12-9-3-1-2-7(5-9)4-8(11(15)16)6-10(13)14/h1-3,5,8H,4,6H2,(H,13,14)(H,15,16). The van der Waals surface area contributed by atoms with Gasteiger partial charge in [0.25, 0.3) is 0 Å². The summed E-state index contributed by atoms with van der Waals surface area (Å²) in [6.45, 7) is 0. The summed E-state index contributed by atoms with van der Waals surface area (Å²) in [4.78, 5) is 21.3. The minimum atomic E-state index is -1.10. The molecule has 1 unspecified atom stereocenters. The number of benzene rings is 1. The first-order valence-electron chi connectivity index (χ1n) is 4.68. The van der Waals surface area contributed by atoms with Crippen LogP contribution in [-0.4, -0.2) is 22.2 Å². The molecule has 0 fully saturated rings. The second-order valence-electron chi connectivity index (χ2n) is 3.47. The molecule has 0 amide bonds. The molecule has 0 aliphatic carbocycles. The molecule has 5 heteroatoms. The monoisotopic (exact) mass is 286 g/mol. The van der Waals surface area contributed by atoms with Crippen molar-refractivity contribution in [3.8, 4) is 0 Å². The molecule has 86 valence electrons. The van der Waals surface area contributed by atoms with Crippen molar-refractivity contribution in [1.82, 2.24) is 0 Å². The van der Waals surface area contributed by atoms with Crippen LogP contribution in [0.3, 0.4) is 0 Å². The van der Waals surface area contributed by atoms with Gasteiger partial charge in [-0.2, -0.15) is 0 Å². The predicted octanol–water partition coefficient (Wildman–Crippen LogP) is 2.17. The van der Waals surface area contributed by atoms with E-state index in [1.807, 2.05) is 6.07 Å². The summed E-state index contributed by atoms with van der Waals surface area (Å²) < 4.78 is 0.851. The Morgan fingerprint density at radius 3 is 2.50 bits per heavy atom. The fourth-order valence-electron chi connectivity index (χ4n) is 1.41. The topological polar surface area (TPSA) is 74.6 Å². The zero-order valence-electron chi connectivity index (χ0n) is 8.39. The van der Waals surface area contributed by atoms with Crippen LogP contribution in [0, 0.1) is 5.92 Å². The molecule has 0 radical (unpaired) electrons. The lowest BCUT2D eigenvalue weighted by atomic mass is 9.96. The Bertz CT molecular complexity index is 403. The smallest absolute Gasteiger partial charge is 0.307 e. The Labute approximate surface area is 101 Å². The SMILES string of the molecule is O=C(O)CC(Cc1cccc(Br)c1)C(=O)O. The van der Waals surface area contributed by atoms with E-state index in [1.54, 1.807) is 18.2 Å². The Kier molecular flexibility index (Phi) is 4.49. The van der Waals surface area contributed by atoms with Gasteiger partial charge in [0.15, 0.2) is 0 Å². The van der Waals surface area contributed by atoms with Crippen molar-refractivity contribution in [2.75, 3.05) is 0 Å². The summed E-state index contributed by atoms with van der Waals surface area (Å²) >= 11 is 3.28. The highest BCUT2D eigenvalue weighted by atomic mass is 79.9. The molecule has 1 aromatic rings. The van der Waals surface area contributed by atoms with Gasteiger partial charge in [-0.3, -0.25) is 9.59 Å². The highest BCUT2D eigenvalue weighted by Gasteiger charge is 2.21. The summed E-state index contributed by atoms with van der Waals surface area (Å²) in [7, 11) is 0. The van der Waals surface area contributed by atoms with Crippen LogP contribution in [0.15, 0.2) is 28.7 Å². The molecule has 0 aliphatic rings. The maximum atomic E-state index is 10.8. The van der Waals surface area contributed by atoms with Crippen molar-refractivity contribution < 1.29 is 19.8 Å². The molecule has 1 rings (SSSR count). The zero-order chi connectivity index (χ0) is 12.1. The van der Waals surface area contributed by atoms with Gasteiger partial charge in [0.2, 0.25) is 0 Å². The normalized spacial score (nSPS) is 12.1. The lowest BCUT2D eigenvalue weighted by molar-refractivity contribution is -0.148. The first kappa shape index (κ1) is 12.7. The van der Waals surface area contributed by atoms with Crippen LogP contribution in [0.4, 0.5) is 0 Å². The first-order chi connectivity index (χ1) is 7.49.